The molecule has 2 N–H and O–H groups in total. The van der Waals surface area contributed by atoms with Crippen LogP contribution >= 0.6 is 0 Å². The molecule has 8 heteroatoms. The van der Waals surface area contributed by atoms with Crippen molar-refractivity contribution in [3.8, 4) is 11.3 Å². The Hall–Kier alpha value is -4.20. The van der Waals surface area contributed by atoms with Crippen molar-refractivity contribution in [1.82, 2.24) is 15.3 Å². The maximum Gasteiger partial charge on any atom is 0.306 e. The van der Waals surface area contributed by atoms with E-state index in [0.717, 1.165) is 5.56 Å². The highest BCUT2D eigenvalue weighted by molar-refractivity contribution is 5.97. The summed E-state index contributed by atoms with van der Waals surface area (Å²) >= 11 is 0. The Bertz CT molecular complexity index is 1420. The zero-order valence-corrected chi connectivity index (χ0v) is 20.5. The van der Waals surface area contributed by atoms with E-state index in [2.05, 4.69) is 5.32 Å². The first-order valence-corrected chi connectivity index (χ1v) is 12.1. The molecule has 6 nitrogen and oxygen atoms in total. The summed E-state index contributed by atoms with van der Waals surface area (Å²) in [6.07, 6.45) is 1.53. The van der Waals surface area contributed by atoms with Crippen molar-refractivity contribution >= 4 is 22.9 Å². The molecule has 0 radical (unpaired) electrons. The van der Waals surface area contributed by atoms with Crippen molar-refractivity contribution in [3.05, 3.63) is 95.2 Å². The quantitative estimate of drug-likeness (QED) is 0.288. The van der Waals surface area contributed by atoms with Gasteiger partial charge in [-0.2, -0.15) is 0 Å². The molecule has 0 fully saturated rings. The Kier molecular flexibility index (Phi) is 7.86. The van der Waals surface area contributed by atoms with Gasteiger partial charge >= 0.3 is 5.97 Å². The number of aliphatic carboxylic acids is 1. The Morgan fingerprint density at radius 2 is 1.54 bits per heavy atom. The molecule has 3 aromatic carbocycles. The summed E-state index contributed by atoms with van der Waals surface area (Å²) in [6.45, 7) is 3.48. The lowest BCUT2D eigenvalue weighted by Crippen LogP contribution is -2.26. The second-order valence-corrected chi connectivity index (χ2v) is 9.11. The third-order valence-corrected chi connectivity index (χ3v) is 6.31. The van der Waals surface area contributed by atoms with Gasteiger partial charge in [-0.15, -0.1) is 0 Å². The lowest BCUT2D eigenvalue weighted by atomic mass is 10.0. The molecule has 2 atom stereocenters. The number of aromatic nitrogens is 2. The first-order chi connectivity index (χ1) is 17.7. The summed E-state index contributed by atoms with van der Waals surface area (Å²) in [4.78, 5) is 33.7. The first-order valence-electron chi connectivity index (χ1n) is 12.1. The number of hydrogen-bond donors (Lipinski definition) is 2. The first kappa shape index (κ1) is 25.9. The van der Waals surface area contributed by atoms with Gasteiger partial charge in [0.25, 0.3) is 5.91 Å². The van der Waals surface area contributed by atoms with Crippen LogP contribution < -0.4 is 5.32 Å². The fraction of sp³-hybridized carbons (Fsp3) is 0.241. The van der Waals surface area contributed by atoms with Crippen LogP contribution in [0, 0.1) is 17.6 Å². The van der Waals surface area contributed by atoms with Gasteiger partial charge in [0, 0.05) is 11.1 Å². The minimum atomic E-state index is -0.853. The SMILES string of the molecule is C[C@H](CCCc1nc2cc(C(=O)N[C@@H](C)c3ccc(F)cc3)ccc2nc1-c1ccc(F)cc1)C(=O)O. The number of amides is 1. The van der Waals surface area contributed by atoms with Crippen LogP contribution in [0.1, 0.15) is 54.3 Å². The average Bonchev–Trinajstić information content (AvgIpc) is 2.88. The summed E-state index contributed by atoms with van der Waals surface area (Å²) in [7, 11) is 0. The molecule has 1 heterocycles. The van der Waals surface area contributed by atoms with E-state index in [0.29, 0.717) is 52.8 Å². The molecule has 0 aliphatic heterocycles. The average molecular weight is 504 g/mol. The molecule has 0 bridgehead atoms. The molecule has 0 saturated heterocycles. The largest absolute Gasteiger partial charge is 0.481 e. The molecule has 4 aromatic rings. The van der Waals surface area contributed by atoms with Gasteiger partial charge < -0.3 is 10.4 Å². The number of rotatable bonds is 9. The number of carboxylic acids is 1. The van der Waals surface area contributed by atoms with Crippen molar-refractivity contribution in [3.63, 3.8) is 0 Å². The molecule has 37 heavy (non-hydrogen) atoms. The lowest BCUT2D eigenvalue weighted by molar-refractivity contribution is -0.141. The summed E-state index contributed by atoms with van der Waals surface area (Å²) in [5, 5.41) is 12.1. The van der Waals surface area contributed by atoms with Crippen LogP contribution in [0.25, 0.3) is 22.3 Å². The summed E-state index contributed by atoms with van der Waals surface area (Å²) in [5.41, 5.74) is 4.21. The molecule has 0 spiro atoms. The smallest absolute Gasteiger partial charge is 0.306 e. The monoisotopic (exact) mass is 503 g/mol. The van der Waals surface area contributed by atoms with Crippen LogP contribution in [-0.4, -0.2) is 27.0 Å². The third-order valence-electron chi connectivity index (χ3n) is 6.31. The number of carbonyl (C=O) groups is 2. The van der Waals surface area contributed by atoms with Crippen LogP contribution in [0.4, 0.5) is 8.78 Å². The highest BCUT2D eigenvalue weighted by Gasteiger charge is 2.17. The van der Waals surface area contributed by atoms with Crippen LogP contribution in [0.15, 0.2) is 66.7 Å². The van der Waals surface area contributed by atoms with E-state index >= 15 is 0 Å². The minimum Gasteiger partial charge on any atom is -0.481 e. The van der Waals surface area contributed by atoms with Gasteiger partial charge in [-0.25, -0.2) is 18.7 Å². The molecule has 1 amide bonds. The van der Waals surface area contributed by atoms with Gasteiger partial charge in [0.05, 0.1) is 34.4 Å². The molecule has 190 valence electrons. The van der Waals surface area contributed by atoms with E-state index in [9.17, 15) is 23.5 Å². The fourth-order valence-electron chi connectivity index (χ4n) is 4.06. The van der Waals surface area contributed by atoms with Crippen molar-refractivity contribution in [1.29, 1.82) is 0 Å². The van der Waals surface area contributed by atoms with E-state index in [4.69, 9.17) is 9.97 Å². The topological polar surface area (TPSA) is 92.2 Å². The number of aryl methyl sites for hydroxylation is 1. The standard InChI is InChI=1S/C29H27F2N3O3/c1-17(29(36)37)4-3-5-25-27(20-8-13-23(31)14-9-20)34-24-15-10-21(16-26(24)33-25)28(35)32-18(2)19-6-11-22(30)12-7-19/h6-18H,3-5H2,1-2H3,(H,32,35)(H,36,37)/t17-,18+/m1/s1. The molecule has 1 aromatic heterocycles. The minimum absolute atomic E-state index is 0.306. The van der Waals surface area contributed by atoms with Gasteiger partial charge in [0.15, 0.2) is 0 Å². The van der Waals surface area contributed by atoms with E-state index in [-0.39, 0.29) is 23.6 Å². The zero-order chi connectivity index (χ0) is 26.5. The third kappa shape index (κ3) is 6.33. The molecular formula is C29H27F2N3O3. The van der Waals surface area contributed by atoms with Crippen LogP contribution in [0.5, 0.6) is 0 Å². The number of carboxylic acid groups (broad SMARTS) is 1. The zero-order valence-electron chi connectivity index (χ0n) is 20.5. The normalized spacial score (nSPS) is 12.8. The van der Waals surface area contributed by atoms with Crippen LogP contribution in [-0.2, 0) is 11.2 Å². The predicted octanol–water partition coefficient (Wildman–Crippen LogP) is 6.11. The van der Waals surface area contributed by atoms with E-state index in [1.165, 1.54) is 24.3 Å². The fourth-order valence-corrected chi connectivity index (χ4v) is 4.06. The van der Waals surface area contributed by atoms with Crippen LogP contribution in [0.3, 0.4) is 0 Å². The molecule has 0 unspecified atom stereocenters. The maximum atomic E-state index is 13.5. The van der Waals surface area contributed by atoms with E-state index in [1.807, 2.05) is 6.92 Å². The molecule has 0 aliphatic rings. The van der Waals surface area contributed by atoms with E-state index in [1.54, 1.807) is 49.4 Å². The number of nitrogens with one attached hydrogen (secondary N) is 1. The molecular weight excluding hydrogens is 476 g/mol. The van der Waals surface area contributed by atoms with Crippen molar-refractivity contribution in [2.24, 2.45) is 5.92 Å². The van der Waals surface area contributed by atoms with Crippen molar-refractivity contribution in [2.75, 3.05) is 0 Å². The van der Waals surface area contributed by atoms with Gasteiger partial charge in [-0.05, 0) is 86.3 Å². The second-order valence-electron chi connectivity index (χ2n) is 9.11. The second kappa shape index (κ2) is 11.2. The Labute approximate surface area is 213 Å². The number of benzene rings is 3. The summed E-state index contributed by atoms with van der Waals surface area (Å²) in [5.74, 6) is -2.35. The highest BCUT2D eigenvalue weighted by Crippen LogP contribution is 2.26. The van der Waals surface area contributed by atoms with Gasteiger partial charge in [0.2, 0.25) is 0 Å². The molecule has 4 rings (SSSR count). The predicted molar refractivity (Wildman–Crippen MR) is 137 cm³/mol. The highest BCUT2D eigenvalue weighted by atomic mass is 19.1. The number of hydrogen-bond acceptors (Lipinski definition) is 4. The van der Waals surface area contributed by atoms with Gasteiger partial charge in [-0.3, -0.25) is 9.59 Å². The van der Waals surface area contributed by atoms with Gasteiger partial charge in [0.1, 0.15) is 11.6 Å². The van der Waals surface area contributed by atoms with E-state index < -0.39 is 11.9 Å². The Morgan fingerprint density at radius 3 is 2.19 bits per heavy atom. The molecule has 0 aliphatic carbocycles. The Morgan fingerprint density at radius 1 is 0.892 bits per heavy atom. The van der Waals surface area contributed by atoms with Crippen molar-refractivity contribution < 1.29 is 23.5 Å². The number of halogens is 2. The Balaban J connectivity index is 1.63. The summed E-state index contributed by atoms with van der Waals surface area (Å²) in [6, 6.07) is 16.6. The van der Waals surface area contributed by atoms with Gasteiger partial charge in [-0.1, -0.05) is 19.1 Å². The number of carbonyl (C=O) groups excluding carboxylic acids is 1. The lowest BCUT2D eigenvalue weighted by Gasteiger charge is -2.15. The number of fused-ring (bicyclic) bond motifs is 1. The van der Waals surface area contributed by atoms with Crippen molar-refractivity contribution in [2.45, 2.75) is 39.2 Å². The molecule has 0 saturated carbocycles. The number of nitrogens with zero attached hydrogens (tertiary/aromatic N) is 2. The summed E-state index contributed by atoms with van der Waals surface area (Å²) < 4.78 is 26.7. The maximum absolute atomic E-state index is 13.5. The van der Waals surface area contributed by atoms with Crippen LogP contribution in [0.2, 0.25) is 0 Å².